The van der Waals surface area contributed by atoms with Crippen LogP contribution in [0.1, 0.15) is 57.9 Å². The van der Waals surface area contributed by atoms with Gasteiger partial charge in [0.1, 0.15) is 0 Å². The number of hydrogen-bond donors (Lipinski definition) is 2. The minimum Gasteiger partial charge on any atom is -0.364 e. The summed E-state index contributed by atoms with van der Waals surface area (Å²) in [5.41, 5.74) is 7.24. The summed E-state index contributed by atoms with van der Waals surface area (Å²) >= 11 is 12.4. The SMILES string of the molecule is CC(C)OC(C(=O)NCCc1c(Cl)cccc1Cl)[C@H](N)CC1CCCCC1. The van der Waals surface area contributed by atoms with E-state index in [-0.39, 0.29) is 18.1 Å². The van der Waals surface area contributed by atoms with Gasteiger partial charge in [0.25, 0.3) is 5.91 Å². The first kappa shape index (κ1) is 22.5. The Morgan fingerprint density at radius 2 is 1.85 bits per heavy atom. The van der Waals surface area contributed by atoms with E-state index in [1.165, 1.54) is 32.1 Å². The van der Waals surface area contributed by atoms with Crippen LogP contribution in [0.5, 0.6) is 0 Å². The molecule has 27 heavy (non-hydrogen) atoms. The topological polar surface area (TPSA) is 64.3 Å². The van der Waals surface area contributed by atoms with Crippen LogP contribution in [0.15, 0.2) is 18.2 Å². The summed E-state index contributed by atoms with van der Waals surface area (Å²) < 4.78 is 5.88. The monoisotopic (exact) mass is 414 g/mol. The molecule has 0 bridgehead atoms. The van der Waals surface area contributed by atoms with Gasteiger partial charge in [0, 0.05) is 22.6 Å². The van der Waals surface area contributed by atoms with Crippen LogP contribution < -0.4 is 11.1 Å². The summed E-state index contributed by atoms with van der Waals surface area (Å²) in [5, 5.41) is 4.17. The summed E-state index contributed by atoms with van der Waals surface area (Å²) in [5.74, 6) is 0.442. The number of ether oxygens (including phenoxy) is 1. The van der Waals surface area contributed by atoms with Crippen molar-refractivity contribution < 1.29 is 9.53 Å². The van der Waals surface area contributed by atoms with Crippen LogP contribution in [0.25, 0.3) is 0 Å². The maximum absolute atomic E-state index is 12.7. The van der Waals surface area contributed by atoms with Gasteiger partial charge in [-0.3, -0.25) is 4.79 Å². The predicted molar refractivity (Wildman–Crippen MR) is 112 cm³/mol. The fraction of sp³-hybridized carbons (Fsp3) is 0.667. The van der Waals surface area contributed by atoms with E-state index in [9.17, 15) is 4.79 Å². The number of rotatable bonds is 9. The minimum absolute atomic E-state index is 0.0591. The van der Waals surface area contributed by atoms with E-state index >= 15 is 0 Å². The highest BCUT2D eigenvalue weighted by Gasteiger charge is 2.30. The molecule has 1 fully saturated rings. The Bertz CT molecular complexity index is 584. The van der Waals surface area contributed by atoms with Gasteiger partial charge in [0.15, 0.2) is 6.10 Å². The molecule has 1 aliphatic rings. The molecule has 1 aliphatic carbocycles. The van der Waals surface area contributed by atoms with Crippen molar-refractivity contribution in [2.24, 2.45) is 11.7 Å². The van der Waals surface area contributed by atoms with Gasteiger partial charge in [-0.1, -0.05) is 61.4 Å². The van der Waals surface area contributed by atoms with Gasteiger partial charge >= 0.3 is 0 Å². The lowest BCUT2D eigenvalue weighted by Crippen LogP contribution is -2.50. The molecule has 1 aromatic rings. The highest BCUT2D eigenvalue weighted by atomic mass is 35.5. The summed E-state index contributed by atoms with van der Waals surface area (Å²) in [6.45, 7) is 4.30. The number of benzene rings is 1. The molecule has 0 aliphatic heterocycles. The summed E-state index contributed by atoms with van der Waals surface area (Å²) in [7, 11) is 0. The number of halogens is 2. The van der Waals surface area contributed by atoms with E-state index in [0.717, 1.165) is 12.0 Å². The lowest BCUT2D eigenvalue weighted by atomic mass is 9.84. The van der Waals surface area contributed by atoms with Gasteiger partial charge in [-0.2, -0.15) is 0 Å². The van der Waals surface area contributed by atoms with Crippen LogP contribution in [0.3, 0.4) is 0 Å². The average molecular weight is 415 g/mol. The Balaban J connectivity index is 1.91. The Morgan fingerprint density at radius 3 is 2.44 bits per heavy atom. The summed E-state index contributed by atoms with van der Waals surface area (Å²) in [4.78, 5) is 12.7. The number of hydrogen-bond acceptors (Lipinski definition) is 3. The molecule has 0 saturated heterocycles. The van der Waals surface area contributed by atoms with E-state index in [1.54, 1.807) is 12.1 Å². The van der Waals surface area contributed by atoms with Crippen molar-refractivity contribution in [3.63, 3.8) is 0 Å². The first-order valence-corrected chi connectivity index (χ1v) is 10.8. The molecule has 2 rings (SSSR count). The van der Waals surface area contributed by atoms with Crippen LogP contribution in [-0.2, 0) is 16.0 Å². The quantitative estimate of drug-likeness (QED) is 0.612. The minimum atomic E-state index is -0.631. The maximum Gasteiger partial charge on any atom is 0.250 e. The fourth-order valence-electron chi connectivity index (χ4n) is 3.76. The number of amides is 1. The van der Waals surface area contributed by atoms with Crippen molar-refractivity contribution in [2.45, 2.75) is 77.0 Å². The third-order valence-electron chi connectivity index (χ3n) is 5.13. The van der Waals surface area contributed by atoms with Crippen molar-refractivity contribution in [1.82, 2.24) is 5.32 Å². The van der Waals surface area contributed by atoms with Crippen LogP contribution in [0.4, 0.5) is 0 Å². The lowest BCUT2D eigenvalue weighted by Gasteiger charge is -2.30. The summed E-state index contributed by atoms with van der Waals surface area (Å²) in [6, 6.07) is 5.12. The Labute approximate surface area is 173 Å². The second-order valence-corrected chi connectivity index (χ2v) is 8.56. The molecular formula is C21H32Cl2N2O2. The molecule has 2 atom stereocenters. The van der Waals surface area contributed by atoms with Gasteiger partial charge in [0.2, 0.25) is 0 Å². The Morgan fingerprint density at radius 1 is 1.22 bits per heavy atom. The molecule has 1 amide bonds. The molecule has 152 valence electrons. The normalized spacial score (nSPS) is 17.7. The Kier molecular flexibility index (Phi) is 9.37. The lowest BCUT2D eigenvalue weighted by molar-refractivity contribution is -0.137. The van der Waals surface area contributed by atoms with Crippen LogP contribution in [-0.4, -0.2) is 30.7 Å². The molecule has 1 saturated carbocycles. The molecular weight excluding hydrogens is 383 g/mol. The van der Waals surface area contributed by atoms with Gasteiger partial charge in [-0.15, -0.1) is 0 Å². The van der Waals surface area contributed by atoms with Crippen LogP contribution in [0.2, 0.25) is 10.0 Å². The first-order chi connectivity index (χ1) is 12.9. The number of nitrogens with one attached hydrogen (secondary N) is 1. The second kappa shape index (κ2) is 11.3. The van der Waals surface area contributed by atoms with Gasteiger partial charge < -0.3 is 15.8 Å². The molecule has 0 aromatic heterocycles. The fourth-order valence-corrected chi connectivity index (χ4v) is 4.35. The zero-order valence-corrected chi connectivity index (χ0v) is 17.9. The third kappa shape index (κ3) is 7.26. The van der Waals surface area contributed by atoms with Crippen LogP contribution in [0, 0.1) is 5.92 Å². The van der Waals surface area contributed by atoms with E-state index in [2.05, 4.69) is 5.32 Å². The molecule has 0 heterocycles. The van der Waals surface area contributed by atoms with Gasteiger partial charge in [-0.05, 0) is 50.3 Å². The van der Waals surface area contributed by atoms with E-state index < -0.39 is 6.10 Å². The zero-order chi connectivity index (χ0) is 19.8. The van der Waals surface area contributed by atoms with Crippen molar-refractivity contribution >= 4 is 29.1 Å². The van der Waals surface area contributed by atoms with Gasteiger partial charge in [-0.25, -0.2) is 0 Å². The Hall–Kier alpha value is -0.810. The molecule has 6 heteroatoms. The summed E-state index contributed by atoms with van der Waals surface area (Å²) in [6.07, 6.45) is 6.95. The van der Waals surface area contributed by atoms with Crippen molar-refractivity contribution in [2.75, 3.05) is 6.54 Å². The molecule has 0 spiro atoms. The second-order valence-electron chi connectivity index (χ2n) is 7.75. The highest BCUT2D eigenvalue weighted by Crippen LogP contribution is 2.28. The number of carbonyl (C=O) groups is 1. The number of carbonyl (C=O) groups excluding carboxylic acids is 1. The highest BCUT2D eigenvalue weighted by molar-refractivity contribution is 6.35. The van der Waals surface area contributed by atoms with E-state index in [1.807, 2.05) is 19.9 Å². The van der Waals surface area contributed by atoms with E-state index in [4.69, 9.17) is 33.7 Å². The van der Waals surface area contributed by atoms with Crippen molar-refractivity contribution in [3.8, 4) is 0 Å². The van der Waals surface area contributed by atoms with E-state index in [0.29, 0.717) is 28.9 Å². The first-order valence-electron chi connectivity index (χ1n) is 10.00. The predicted octanol–water partition coefficient (Wildman–Crippen LogP) is 4.74. The molecule has 3 N–H and O–H groups in total. The zero-order valence-electron chi connectivity index (χ0n) is 16.3. The molecule has 1 aromatic carbocycles. The maximum atomic E-state index is 12.7. The third-order valence-corrected chi connectivity index (χ3v) is 5.84. The molecule has 1 unspecified atom stereocenters. The smallest absolute Gasteiger partial charge is 0.250 e. The standard InChI is InChI=1S/C21H32Cl2N2O2/c1-14(2)27-20(19(24)13-15-7-4-3-5-8-15)21(26)25-12-11-16-17(22)9-6-10-18(16)23/h6,9-10,14-15,19-20H,3-5,7-8,11-13,24H2,1-2H3,(H,25,26)/t19-,20?/m1/s1. The van der Waals surface area contributed by atoms with Crippen LogP contribution >= 0.6 is 23.2 Å². The largest absolute Gasteiger partial charge is 0.364 e. The molecule has 4 nitrogen and oxygen atoms in total. The van der Waals surface area contributed by atoms with Crippen molar-refractivity contribution in [3.05, 3.63) is 33.8 Å². The van der Waals surface area contributed by atoms with Gasteiger partial charge in [0.05, 0.1) is 6.10 Å². The molecule has 0 radical (unpaired) electrons. The average Bonchev–Trinajstić information content (AvgIpc) is 2.62. The van der Waals surface area contributed by atoms with Crippen molar-refractivity contribution in [1.29, 1.82) is 0 Å². The number of nitrogens with two attached hydrogens (primary N) is 1.